The summed E-state index contributed by atoms with van der Waals surface area (Å²) in [6.45, 7) is 3.62. The Bertz CT molecular complexity index is 217. The molecule has 0 amide bonds. The van der Waals surface area contributed by atoms with Gasteiger partial charge in [0.2, 0.25) is 0 Å². The van der Waals surface area contributed by atoms with Gasteiger partial charge in [0.15, 0.2) is 0 Å². The van der Waals surface area contributed by atoms with Gasteiger partial charge in [0.1, 0.15) is 17.7 Å². The van der Waals surface area contributed by atoms with E-state index in [0.29, 0.717) is 0 Å². The van der Waals surface area contributed by atoms with Crippen molar-refractivity contribution in [2.75, 3.05) is 0 Å². The molecule has 2 N–H and O–H groups in total. The highest BCUT2D eigenvalue weighted by Crippen LogP contribution is 2.36. The fourth-order valence-electron chi connectivity index (χ4n) is 1.23. The number of hydrogen-bond donors (Lipinski definition) is 2. The third kappa shape index (κ3) is 1.61. The molecule has 0 saturated carbocycles. The van der Waals surface area contributed by atoms with Crippen molar-refractivity contribution in [2.45, 2.75) is 30.0 Å². The first kappa shape index (κ1) is 9.54. The summed E-state index contributed by atoms with van der Waals surface area (Å²) in [5.74, 6) is -0.906. The average Bonchev–Trinajstić information content (AvgIpc) is 2.25. The topological polar surface area (TPSA) is 66.4 Å². The summed E-state index contributed by atoms with van der Waals surface area (Å²) in [7, 11) is 0. The molecular weight excluding hydrogens is 178 g/mol. The number of hydrogen-bond acceptors (Lipinski definition) is 4. The number of carboxylic acids is 1. The highest BCUT2D eigenvalue weighted by atomic mass is 32.2. The lowest BCUT2D eigenvalue weighted by Crippen LogP contribution is -2.44. The second kappa shape index (κ2) is 3.06. The average molecular weight is 189 g/mol. The lowest BCUT2D eigenvalue weighted by molar-refractivity contribution is -0.139. The van der Waals surface area contributed by atoms with E-state index in [1.165, 1.54) is 11.8 Å². The SMILES string of the molecule is CC1(C)SC(C=O)NC1C(=O)O. The van der Waals surface area contributed by atoms with Crippen molar-refractivity contribution in [3.63, 3.8) is 0 Å². The molecule has 2 unspecified atom stereocenters. The van der Waals surface area contributed by atoms with Crippen LogP contribution in [0.3, 0.4) is 0 Å². The van der Waals surface area contributed by atoms with Gasteiger partial charge < -0.3 is 9.90 Å². The molecule has 0 aromatic carbocycles. The van der Waals surface area contributed by atoms with Crippen LogP contribution < -0.4 is 5.32 Å². The first-order valence-electron chi connectivity index (χ1n) is 3.59. The molecule has 0 bridgehead atoms. The van der Waals surface area contributed by atoms with Gasteiger partial charge in [0, 0.05) is 4.75 Å². The molecule has 1 aliphatic rings. The summed E-state index contributed by atoms with van der Waals surface area (Å²) in [5, 5.41) is 11.1. The first-order chi connectivity index (χ1) is 5.47. The zero-order chi connectivity index (χ0) is 9.35. The highest BCUT2D eigenvalue weighted by Gasteiger charge is 2.44. The molecule has 1 aliphatic heterocycles. The lowest BCUT2D eigenvalue weighted by atomic mass is 10.0. The smallest absolute Gasteiger partial charge is 0.322 e. The molecule has 4 nitrogen and oxygen atoms in total. The number of aldehydes is 1. The first-order valence-corrected chi connectivity index (χ1v) is 4.47. The normalized spacial score (nSPS) is 33.2. The van der Waals surface area contributed by atoms with E-state index in [0.717, 1.165) is 6.29 Å². The van der Waals surface area contributed by atoms with Crippen LogP contribution in [0.5, 0.6) is 0 Å². The number of aliphatic carboxylic acids is 1. The molecule has 68 valence electrons. The largest absolute Gasteiger partial charge is 0.480 e. The highest BCUT2D eigenvalue weighted by molar-refractivity contribution is 8.02. The van der Waals surface area contributed by atoms with Crippen LogP contribution in [-0.4, -0.2) is 33.5 Å². The zero-order valence-corrected chi connectivity index (χ0v) is 7.72. The van der Waals surface area contributed by atoms with E-state index in [4.69, 9.17) is 5.11 Å². The molecule has 1 saturated heterocycles. The Morgan fingerprint density at radius 3 is 2.50 bits per heavy atom. The Kier molecular flexibility index (Phi) is 2.44. The van der Waals surface area contributed by atoms with Crippen molar-refractivity contribution in [1.29, 1.82) is 0 Å². The van der Waals surface area contributed by atoms with Crippen LogP contribution in [0.2, 0.25) is 0 Å². The summed E-state index contributed by atoms with van der Waals surface area (Å²) >= 11 is 1.34. The summed E-state index contributed by atoms with van der Waals surface area (Å²) in [6, 6.07) is -0.641. The van der Waals surface area contributed by atoms with Crippen LogP contribution in [0.15, 0.2) is 0 Å². The number of nitrogens with one attached hydrogen (secondary N) is 1. The van der Waals surface area contributed by atoms with Crippen LogP contribution in [0, 0.1) is 0 Å². The Morgan fingerprint density at radius 1 is 1.67 bits per heavy atom. The van der Waals surface area contributed by atoms with Gasteiger partial charge in [-0.1, -0.05) is 0 Å². The van der Waals surface area contributed by atoms with Crippen molar-refractivity contribution in [1.82, 2.24) is 5.32 Å². The fraction of sp³-hybridized carbons (Fsp3) is 0.714. The van der Waals surface area contributed by atoms with Gasteiger partial charge in [-0.05, 0) is 13.8 Å². The molecule has 1 fully saturated rings. The molecule has 2 atom stereocenters. The minimum Gasteiger partial charge on any atom is -0.480 e. The molecule has 0 aromatic heterocycles. The maximum Gasteiger partial charge on any atom is 0.322 e. The van der Waals surface area contributed by atoms with Crippen LogP contribution in [0.4, 0.5) is 0 Å². The Hall–Kier alpha value is -0.550. The van der Waals surface area contributed by atoms with Crippen LogP contribution >= 0.6 is 11.8 Å². The van der Waals surface area contributed by atoms with Gasteiger partial charge in [0.25, 0.3) is 0 Å². The van der Waals surface area contributed by atoms with E-state index < -0.39 is 16.8 Å². The van der Waals surface area contributed by atoms with E-state index in [-0.39, 0.29) is 5.37 Å². The third-order valence-electron chi connectivity index (χ3n) is 1.83. The lowest BCUT2D eigenvalue weighted by Gasteiger charge is -2.20. The van der Waals surface area contributed by atoms with Gasteiger partial charge >= 0.3 is 5.97 Å². The van der Waals surface area contributed by atoms with E-state index in [2.05, 4.69) is 5.32 Å². The number of carbonyl (C=O) groups excluding carboxylic acids is 1. The van der Waals surface area contributed by atoms with Gasteiger partial charge in [-0.25, -0.2) is 0 Å². The van der Waals surface area contributed by atoms with Crippen molar-refractivity contribution >= 4 is 24.0 Å². The van der Waals surface area contributed by atoms with Crippen molar-refractivity contribution in [2.24, 2.45) is 0 Å². The number of carboxylic acid groups (broad SMARTS) is 1. The van der Waals surface area contributed by atoms with E-state index >= 15 is 0 Å². The molecule has 0 aromatic rings. The van der Waals surface area contributed by atoms with Crippen LogP contribution in [-0.2, 0) is 9.59 Å². The predicted octanol–water partition coefficient (Wildman–Crippen LogP) is 0.0796. The quantitative estimate of drug-likeness (QED) is 0.602. The maximum atomic E-state index is 10.7. The summed E-state index contributed by atoms with van der Waals surface area (Å²) < 4.78 is -0.419. The van der Waals surface area contributed by atoms with Crippen LogP contribution in [0.1, 0.15) is 13.8 Å². The van der Waals surface area contributed by atoms with E-state index in [9.17, 15) is 9.59 Å². The summed E-state index contributed by atoms with van der Waals surface area (Å²) in [4.78, 5) is 21.1. The molecule has 0 aliphatic carbocycles. The number of carbonyl (C=O) groups is 2. The van der Waals surface area contributed by atoms with E-state index in [1.54, 1.807) is 0 Å². The molecule has 12 heavy (non-hydrogen) atoms. The van der Waals surface area contributed by atoms with Crippen molar-refractivity contribution < 1.29 is 14.7 Å². The minimum absolute atomic E-state index is 0.388. The summed E-state index contributed by atoms with van der Waals surface area (Å²) in [6.07, 6.45) is 0.732. The van der Waals surface area contributed by atoms with Gasteiger partial charge in [-0.2, -0.15) is 0 Å². The zero-order valence-electron chi connectivity index (χ0n) is 6.90. The second-order valence-corrected chi connectivity index (χ2v) is 5.01. The minimum atomic E-state index is -0.906. The van der Waals surface area contributed by atoms with Gasteiger partial charge in [-0.15, -0.1) is 11.8 Å². The van der Waals surface area contributed by atoms with Crippen molar-refractivity contribution in [3.8, 4) is 0 Å². The maximum absolute atomic E-state index is 10.7. The monoisotopic (exact) mass is 189 g/mol. The molecule has 0 spiro atoms. The molecule has 1 rings (SSSR count). The van der Waals surface area contributed by atoms with E-state index in [1.807, 2.05) is 13.8 Å². The molecule has 5 heteroatoms. The molecule has 0 radical (unpaired) electrons. The standard InChI is InChI=1S/C7H11NO3S/c1-7(2)5(6(10)11)8-4(3-9)12-7/h3-5,8H,1-2H3,(H,10,11). The Balaban J connectivity index is 2.76. The fourth-order valence-corrected chi connectivity index (χ4v) is 2.45. The Labute approximate surface area is 74.7 Å². The van der Waals surface area contributed by atoms with Crippen LogP contribution in [0.25, 0.3) is 0 Å². The number of thioether (sulfide) groups is 1. The Morgan fingerprint density at radius 2 is 2.25 bits per heavy atom. The summed E-state index contributed by atoms with van der Waals surface area (Å²) in [5.41, 5.74) is 0. The van der Waals surface area contributed by atoms with Gasteiger partial charge in [0.05, 0.1) is 0 Å². The van der Waals surface area contributed by atoms with Crippen molar-refractivity contribution in [3.05, 3.63) is 0 Å². The number of rotatable bonds is 2. The van der Waals surface area contributed by atoms with Gasteiger partial charge in [-0.3, -0.25) is 10.1 Å². The molecule has 1 heterocycles. The predicted molar refractivity (Wildman–Crippen MR) is 46.1 cm³/mol. The second-order valence-electron chi connectivity index (χ2n) is 3.22. The molecular formula is C7H11NO3S. The third-order valence-corrected chi connectivity index (χ3v) is 3.17.